The average molecular weight is 406 g/mol. The molecule has 3 rings (SSSR count). The van der Waals surface area contributed by atoms with Gasteiger partial charge in [0.25, 0.3) is 0 Å². The second-order valence-corrected chi connectivity index (χ2v) is 9.47. The second-order valence-electron chi connectivity index (χ2n) is 9.03. The molecule has 0 saturated carbocycles. The minimum atomic E-state index is 0.172. The normalized spacial score (nSPS) is 25.0. The molecule has 0 unspecified atom stereocenters. The molecule has 2 fully saturated rings. The Kier molecular flexibility index (Phi) is 8.19. The highest BCUT2D eigenvalue weighted by Gasteiger charge is 2.25. The molecule has 28 heavy (non-hydrogen) atoms. The summed E-state index contributed by atoms with van der Waals surface area (Å²) in [6, 6.07) is 8.07. The standard InChI is InChI=1S/C23H36ClN3O/c1-18-13-19(2)16-27(15-18)10-4-9-25-23(28)21-7-11-26(12-8-21)17-20-5-3-6-22(24)14-20/h3,5-6,14,18-19,21H,4,7-13,15-17H2,1-2H3,(H,25,28)/t18-,19-/m1/s1. The molecule has 2 aliphatic heterocycles. The predicted octanol–water partition coefficient (Wildman–Crippen LogP) is 4.04. The Labute approximate surface area is 175 Å². The van der Waals surface area contributed by atoms with Gasteiger partial charge in [-0.2, -0.15) is 0 Å². The summed E-state index contributed by atoms with van der Waals surface area (Å²) in [5, 5.41) is 3.98. The van der Waals surface area contributed by atoms with E-state index in [4.69, 9.17) is 11.6 Å². The van der Waals surface area contributed by atoms with Crippen LogP contribution in [0.2, 0.25) is 5.02 Å². The maximum Gasteiger partial charge on any atom is 0.223 e. The molecule has 156 valence electrons. The molecule has 4 nitrogen and oxygen atoms in total. The monoisotopic (exact) mass is 405 g/mol. The molecule has 0 aromatic heterocycles. The van der Waals surface area contributed by atoms with Crippen molar-refractivity contribution in [2.24, 2.45) is 17.8 Å². The maximum atomic E-state index is 12.5. The molecule has 2 heterocycles. The highest BCUT2D eigenvalue weighted by molar-refractivity contribution is 6.30. The molecule has 1 N–H and O–H groups in total. The molecular weight excluding hydrogens is 370 g/mol. The van der Waals surface area contributed by atoms with Crippen molar-refractivity contribution < 1.29 is 4.79 Å². The largest absolute Gasteiger partial charge is 0.356 e. The van der Waals surface area contributed by atoms with E-state index in [1.807, 2.05) is 18.2 Å². The Morgan fingerprint density at radius 2 is 1.86 bits per heavy atom. The third-order valence-electron chi connectivity index (χ3n) is 6.15. The van der Waals surface area contributed by atoms with Crippen molar-refractivity contribution in [3.8, 4) is 0 Å². The van der Waals surface area contributed by atoms with Crippen LogP contribution in [-0.2, 0) is 11.3 Å². The van der Waals surface area contributed by atoms with Gasteiger partial charge in [-0.3, -0.25) is 9.69 Å². The number of nitrogens with zero attached hydrogens (tertiary/aromatic N) is 2. The number of piperidine rings is 2. The topological polar surface area (TPSA) is 35.6 Å². The highest BCUT2D eigenvalue weighted by Crippen LogP contribution is 2.22. The van der Waals surface area contributed by atoms with Crippen molar-refractivity contribution >= 4 is 17.5 Å². The number of hydrogen-bond donors (Lipinski definition) is 1. The Balaban J connectivity index is 1.30. The first-order valence-electron chi connectivity index (χ1n) is 11.0. The summed E-state index contributed by atoms with van der Waals surface area (Å²) in [5.41, 5.74) is 1.25. The van der Waals surface area contributed by atoms with E-state index < -0.39 is 0 Å². The molecule has 0 radical (unpaired) electrons. The van der Waals surface area contributed by atoms with Crippen LogP contribution < -0.4 is 5.32 Å². The van der Waals surface area contributed by atoms with Gasteiger partial charge in [-0.15, -0.1) is 0 Å². The zero-order valence-electron chi connectivity index (χ0n) is 17.5. The molecular formula is C23H36ClN3O. The van der Waals surface area contributed by atoms with Crippen molar-refractivity contribution in [1.29, 1.82) is 0 Å². The van der Waals surface area contributed by atoms with E-state index in [-0.39, 0.29) is 11.8 Å². The van der Waals surface area contributed by atoms with Crippen molar-refractivity contribution in [1.82, 2.24) is 15.1 Å². The number of nitrogens with one attached hydrogen (secondary N) is 1. The molecule has 1 amide bonds. The van der Waals surface area contributed by atoms with E-state index in [2.05, 4.69) is 35.0 Å². The number of carbonyl (C=O) groups excluding carboxylic acids is 1. The van der Waals surface area contributed by atoms with Gasteiger partial charge in [0.05, 0.1) is 0 Å². The van der Waals surface area contributed by atoms with E-state index in [1.54, 1.807) is 0 Å². The number of amides is 1. The first-order valence-corrected chi connectivity index (χ1v) is 11.3. The fourth-order valence-corrected chi connectivity index (χ4v) is 5.09. The fourth-order valence-electron chi connectivity index (χ4n) is 4.88. The number of benzene rings is 1. The fraction of sp³-hybridized carbons (Fsp3) is 0.696. The van der Waals surface area contributed by atoms with E-state index >= 15 is 0 Å². The first kappa shape index (κ1) is 21.6. The summed E-state index contributed by atoms with van der Waals surface area (Å²) in [6.45, 7) is 11.9. The van der Waals surface area contributed by atoms with Gasteiger partial charge in [-0.05, 0) is 74.8 Å². The SMILES string of the molecule is C[C@@H]1C[C@@H](C)CN(CCCNC(=O)C2CCN(Cc3cccc(Cl)c3)CC2)C1. The van der Waals surface area contributed by atoms with E-state index in [0.717, 1.165) is 68.8 Å². The van der Waals surface area contributed by atoms with Crippen molar-refractivity contribution in [3.05, 3.63) is 34.9 Å². The van der Waals surface area contributed by atoms with Crippen LogP contribution in [0.3, 0.4) is 0 Å². The Hall–Kier alpha value is -1.10. The molecule has 2 saturated heterocycles. The van der Waals surface area contributed by atoms with Crippen LogP contribution in [-0.4, -0.2) is 55.0 Å². The van der Waals surface area contributed by atoms with Crippen LogP contribution in [0.25, 0.3) is 0 Å². The average Bonchev–Trinajstić information content (AvgIpc) is 2.65. The van der Waals surface area contributed by atoms with Crippen LogP contribution in [0.1, 0.15) is 45.1 Å². The van der Waals surface area contributed by atoms with Crippen molar-refractivity contribution in [3.63, 3.8) is 0 Å². The lowest BCUT2D eigenvalue weighted by Crippen LogP contribution is -2.42. The lowest BCUT2D eigenvalue weighted by atomic mass is 9.92. The lowest BCUT2D eigenvalue weighted by molar-refractivity contribution is -0.126. The molecule has 1 aromatic rings. The van der Waals surface area contributed by atoms with Gasteiger partial charge in [0.15, 0.2) is 0 Å². The molecule has 5 heteroatoms. The second kappa shape index (κ2) is 10.6. The Morgan fingerprint density at radius 3 is 2.54 bits per heavy atom. The lowest BCUT2D eigenvalue weighted by Gasteiger charge is -2.35. The molecule has 2 aliphatic rings. The first-order chi connectivity index (χ1) is 13.5. The van der Waals surface area contributed by atoms with Gasteiger partial charge in [-0.1, -0.05) is 37.6 Å². The highest BCUT2D eigenvalue weighted by atomic mass is 35.5. The van der Waals surface area contributed by atoms with E-state index in [0.29, 0.717) is 0 Å². The van der Waals surface area contributed by atoms with Gasteiger partial charge in [-0.25, -0.2) is 0 Å². The van der Waals surface area contributed by atoms with Gasteiger partial charge in [0.1, 0.15) is 0 Å². The van der Waals surface area contributed by atoms with Crippen molar-refractivity contribution in [2.45, 2.75) is 46.1 Å². The zero-order chi connectivity index (χ0) is 19.9. The summed E-state index contributed by atoms with van der Waals surface area (Å²) in [6.07, 6.45) is 4.31. The summed E-state index contributed by atoms with van der Waals surface area (Å²) < 4.78 is 0. The predicted molar refractivity (Wildman–Crippen MR) is 116 cm³/mol. The Bertz CT molecular complexity index is 620. The van der Waals surface area contributed by atoms with Crippen LogP contribution >= 0.6 is 11.6 Å². The van der Waals surface area contributed by atoms with Gasteiger partial charge < -0.3 is 10.2 Å². The third kappa shape index (κ3) is 6.75. The molecule has 0 spiro atoms. The Morgan fingerprint density at radius 1 is 1.14 bits per heavy atom. The zero-order valence-corrected chi connectivity index (χ0v) is 18.3. The van der Waals surface area contributed by atoms with Crippen LogP contribution in [0.15, 0.2) is 24.3 Å². The van der Waals surface area contributed by atoms with Gasteiger partial charge in [0.2, 0.25) is 5.91 Å². The molecule has 0 aliphatic carbocycles. The summed E-state index contributed by atoms with van der Waals surface area (Å²) in [7, 11) is 0. The van der Waals surface area contributed by atoms with Crippen LogP contribution in [0, 0.1) is 17.8 Å². The maximum absolute atomic E-state index is 12.5. The number of halogens is 1. The quantitative estimate of drug-likeness (QED) is 0.695. The summed E-state index contributed by atoms with van der Waals surface area (Å²) in [4.78, 5) is 17.5. The van der Waals surface area contributed by atoms with Crippen LogP contribution in [0.5, 0.6) is 0 Å². The van der Waals surface area contributed by atoms with Crippen molar-refractivity contribution in [2.75, 3.05) is 39.3 Å². The van der Waals surface area contributed by atoms with E-state index in [1.165, 1.54) is 25.1 Å². The minimum absolute atomic E-state index is 0.172. The van der Waals surface area contributed by atoms with Crippen LogP contribution in [0.4, 0.5) is 0 Å². The molecule has 1 aromatic carbocycles. The molecule has 2 atom stereocenters. The number of likely N-dealkylation sites (tertiary alicyclic amines) is 2. The molecule has 0 bridgehead atoms. The summed E-state index contributed by atoms with van der Waals surface area (Å²) in [5.74, 6) is 2.03. The van der Waals surface area contributed by atoms with E-state index in [9.17, 15) is 4.79 Å². The smallest absolute Gasteiger partial charge is 0.223 e. The number of carbonyl (C=O) groups is 1. The third-order valence-corrected chi connectivity index (χ3v) is 6.38. The van der Waals surface area contributed by atoms with Gasteiger partial charge >= 0.3 is 0 Å². The number of hydrogen-bond acceptors (Lipinski definition) is 3. The summed E-state index contributed by atoms with van der Waals surface area (Å²) >= 11 is 6.08. The van der Waals surface area contributed by atoms with Gasteiger partial charge in [0, 0.05) is 37.1 Å². The number of rotatable bonds is 7. The minimum Gasteiger partial charge on any atom is -0.356 e.